The van der Waals surface area contributed by atoms with Crippen molar-refractivity contribution in [2.75, 3.05) is 0 Å². The number of benzene rings is 2. The van der Waals surface area contributed by atoms with Gasteiger partial charge in [-0.1, -0.05) is 40.2 Å². The van der Waals surface area contributed by atoms with Gasteiger partial charge in [-0.05, 0) is 22.9 Å². The molecule has 0 heterocycles. The van der Waals surface area contributed by atoms with E-state index in [1.54, 1.807) is 6.07 Å². The van der Waals surface area contributed by atoms with Gasteiger partial charge in [-0.15, -0.1) is 0 Å². The van der Waals surface area contributed by atoms with Gasteiger partial charge in [0.25, 0.3) is 5.91 Å². The summed E-state index contributed by atoms with van der Waals surface area (Å²) in [6, 6.07) is 11.4. The Hall–Kier alpha value is -1.39. The molecule has 0 bridgehead atoms. The predicted octanol–water partition coefficient (Wildman–Crippen LogP) is 2.21. The van der Waals surface area contributed by atoms with Crippen molar-refractivity contribution in [2.45, 2.75) is 0 Å². The van der Waals surface area contributed by atoms with Gasteiger partial charge in [0.05, 0.1) is 0 Å². The fourth-order valence-corrected chi connectivity index (χ4v) is 2.02. The molecular weight excluding hydrogens is 256 g/mol. The maximum Gasteiger partial charge on any atom is 0.265 e. The SMILES string of the molecule is NNC(=O)c1cc(Br)cc2ccccc12. The largest absolute Gasteiger partial charge is 0.290 e. The summed E-state index contributed by atoms with van der Waals surface area (Å²) in [5.41, 5.74) is 2.71. The third-order valence-corrected chi connectivity index (χ3v) is 2.66. The molecule has 2 aromatic carbocycles. The highest BCUT2D eigenvalue weighted by Gasteiger charge is 2.09. The zero-order valence-corrected chi connectivity index (χ0v) is 9.41. The molecule has 2 aromatic rings. The highest BCUT2D eigenvalue weighted by molar-refractivity contribution is 9.10. The van der Waals surface area contributed by atoms with E-state index >= 15 is 0 Å². The Balaban J connectivity index is 2.76. The normalized spacial score (nSPS) is 10.3. The molecule has 4 heteroatoms. The quantitative estimate of drug-likeness (QED) is 0.472. The second-order valence-electron chi connectivity index (χ2n) is 3.15. The summed E-state index contributed by atoms with van der Waals surface area (Å²) in [5.74, 6) is 4.85. The lowest BCUT2D eigenvalue weighted by molar-refractivity contribution is 0.0955. The van der Waals surface area contributed by atoms with Crippen LogP contribution in [0.4, 0.5) is 0 Å². The minimum absolute atomic E-state index is 0.285. The summed E-state index contributed by atoms with van der Waals surface area (Å²) in [6.07, 6.45) is 0. The second kappa shape index (κ2) is 4.00. The monoisotopic (exact) mass is 264 g/mol. The van der Waals surface area contributed by atoms with Crippen LogP contribution in [0.5, 0.6) is 0 Å². The van der Waals surface area contributed by atoms with Crippen LogP contribution in [0.15, 0.2) is 40.9 Å². The van der Waals surface area contributed by atoms with Crippen LogP contribution >= 0.6 is 15.9 Å². The Labute approximate surface area is 95.4 Å². The Kier molecular flexibility index (Phi) is 2.70. The van der Waals surface area contributed by atoms with Gasteiger partial charge in [0.1, 0.15) is 0 Å². The molecule has 3 N–H and O–H groups in total. The summed E-state index contributed by atoms with van der Waals surface area (Å²) < 4.78 is 0.861. The van der Waals surface area contributed by atoms with E-state index in [0.29, 0.717) is 5.56 Å². The van der Waals surface area contributed by atoms with Crippen molar-refractivity contribution in [1.82, 2.24) is 5.43 Å². The van der Waals surface area contributed by atoms with Crippen molar-refractivity contribution in [2.24, 2.45) is 5.84 Å². The molecule has 2 rings (SSSR count). The minimum atomic E-state index is -0.285. The van der Waals surface area contributed by atoms with Crippen molar-refractivity contribution in [3.8, 4) is 0 Å². The zero-order valence-electron chi connectivity index (χ0n) is 7.83. The molecule has 15 heavy (non-hydrogen) atoms. The molecule has 0 unspecified atom stereocenters. The van der Waals surface area contributed by atoms with Crippen LogP contribution in [0.2, 0.25) is 0 Å². The van der Waals surface area contributed by atoms with Crippen LogP contribution in [-0.2, 0) is 0 Å². The summed E-state index contributed by atoms with van der Waals surface area (Å²) >= 11 is 3.36. The van der Waals surface area contributed by atoms with Crippen molar-refractivity contribution in [3.05, 3.63) is 46.4 Å². The van der Waals surface area contributed by atoms with Gasteiger partial charge in [0.15, 0.2) is 0 Å². The third-order valence-electron chi connectivity index (χ3n) is 2.20. The number of amides is 1. The standard InChI is InChI=1S/C11H9BrN2O/c12-8-5-7-3-1-2-4-9(7)10(6-8)11(15)14-13/h1-6H,13H2,(H,14,15). The maximum atomic E-state index is 11.5. The van der Waals surface area contributed by atoms with Crippen LogP contribution in [0.25, 0.3) is 10.8 Å². The van der Waals surface area contributed by atoms with E-state index < -0.39 is 0 Å². The first-order valence-electron chi connectivity index (χ1n) is 4.41. The van der Waals surface area contributed by atoms with E-state index in [9.17, 15) is 4.79 Å². The molecule has 0 saturated heterocycles. The lowest BCUT2D eigenvalue weighted by atomic mass is 10.0. The number of hydrogen-bond donors (Lipinski definition) is 2. The topological polar surface area (TPSA) is 55.1 Å². The average molecular weight is 265 g/mol. The highest BCUT2D eigenvalue weighted by atomic mass is 79.9. The number of rotatable bonds is 1. The summed E-state index contributed by atoms with van der Waals surface area (Å²) in [6.45, 7) is 0. The Morgan fingerprint density at radius 1 is 1.27 bits per heavy atom. The van der Waals surface area contributed by atoms with Gasteiger partial charge in [-0.2, -0.15) is 0 Å². The number of nitrogen functional groups attached to an aromatic ring is 1. The molecule has 0 aromatic heterocycles. The smallest absolute Gasteiger partial charge is 0.265 e. The molecular formula is C11H9BrN2O. The predicted molar refractivity (Wildman–Crippen MR) is 63.3 cm³/mol. The lowest BCUT2D eigenvalue weighted by Crippen LogP contribution is -2.30. The number of hydrogen-bond acceptors (Lipinski definition) is 2. The number of hydrazine groups is 1. The lowest BCUT2D eigenvalue weighted by Gasteiger charge is -2.05. The highest BCUT2D eigenvalue weighted by Crippen LogP contribution is 2.23. The van der Waals surface area contributed by atoms with Crippen LogP contribution in [-0.4, -0.2) is 5.91 Å². The Morgan fingerprint density at radius 2 is 2.00 bits per heavy atom. The van der Waals surface area contributed by atoms with Crippen LogP contribution in [0, 0.1) is 0 Å². The molecule has 0 aliphatic carbocycles. The molecule has 0 saturated carbocycles. The maximum absolute atomic E-state index is 11.5. The number of fused-ring (bicyclic) bond motifs is 1. The molecule has 0 fully saturated rings. The van der Waals surface area contributed by atoms with E-state index in [2.05, 4.69) is 21.4 Å². The van der Waals surface area contributed by atoms with Crippen LogP contribution < -0.4 is 11.3 Å². The van der Waals surface area contributed by atoms with Crippen molar-refractivity contribution < 1.29 is 4.79 Å². The van der Waals surface area contributed by atoms with Crippen LogP contribution in [0.3, 0.4) is 0 Å². The second-order valence-corrected chi connectivity index (χ2v) is 4.06. The van der Waals surface area contributed by atoms with Gasteiger partial charge >= 0.3 is 0 Å². The molecule has 3 nitrogen and oxygen atoms in total. The van der Waals surface area contributed by atoms with Crippen molar-refractivity contribution >= 4 is 32.6 Å². The van der Waals surface area contributed by atoms with Gasteiger partial charge in [0, 0.05) is 10.0 Å². The summed E-state index contributed by atoms with van der Waals surface area (Å²) in [5, 5.41) is 1.90. The van der Waals surface area contributed by atoms with Gasteiger partial charge in [0.2, 0.25) is 0 Å². The first-order chi connectivity index (χ1) is 7.22. The molecule has 0 atom stereocenters. The van der Waals surface area contributed by atoms with Crippen molar-refractivity contribution in [3.63, 3.8) is 0 Å². The average Bonchev–Trinajstić information content (AvgIpc) is 2.26. The van der Waals surface area contributed by atoms with E-state index in [-0.39, 0.29) is 5.91 Å². The zero-order chi connectivity index (χ0) is 10.8. The number of carbonyl (C=O) groups excluding carboxylic acids is 1. The molecule has 0 spiro atoms. The van der Waals surface area contributed by atoms with Gasteiger partial charge in [-0.25, -0.2) is 5.84 Å². The fourth-order valence-electron chi connectivity index (χ4n) is 1.54. The van der Waals surface area contributed by atoms with E-state index in [1.165, 1.54) is 0 Å². The molecule has 0 radical (unpaired) electrons. The summed E-state index contributed by atoms with van der Waals surface area (Å²) in [7, 11) is 0. The Morgan fingerprint density at radius 3 is 2.73 bits per heavy atom. The van der Waals surface area contributed by atoms with Gasteiger partial charge < -0.3 is 0 Å². The van der Waals surface area contributed by atoms with Crippen LogP contribution in [0.1, 0.15) is 10.4 Å². The number of nitrogens with one attached hydrogen (secondary N) is 1. The van der Waals surface area contributed by atoms with E-state index in [0.717, 1.165) is 15.2 Å². The molecule has 0 aliphatic rings. The van der Waals surface area contributed by atoms with E-state index in [4.69, 9.17) is 5.84 Å². The Bertz CT molecular complexity index is 525. The molecule has 0 aliphatic heterocycles. The number of halogens is 1. The first kappa shape index (κ1) is 10.1. The van der Waals surface area contributed by atoms with Gasteiger partial charge in [-0.3, -0.25) is 10.2 Å². The summed E-state index contributed by atoms with van der Waals surface area (Å²) in [4.78, 5) is 11.5. The van der Waals surface area contributed by atoms with E-state index in [1.807, 2.05) is 30.3 Å². The first-order valence-corrected chi connectivity index (χ1v) is 5.21. The number of carbonyl (C=O) groups is 1. The third kappa shape index (κ3) is 1.86. The molecule has 1 amide bonds. The number of nitrogens with two attached hydrogens (primary N) is 1. The molecule has 76 valence electrons. The fraction of sp³-hybridized carbons (Fsp3) is 0. The minimum Gasteiger partial charge on any atom is -0.290 e. The van der Waals surface area contributed by atoms with Crippen molar-refractivity contribution in [1.29, 1.82) is 0 Å².